The molecule has 1 amide bonds. The van der Waals surface area contributed by atoms with Crippen molar-refractivity contribution in [2.24, 2.45) is 0 Å². The number of rotatable bonds is 5. The molecule has 1 atom stereocenters. The summed E-state index contributed by atoms with van der Waals surface area (Å²) in [7, 11) is 3.50. The van der Waals surface area contributed by atoms with Crippen LogP contribution in [-0.4, -0.2) is 50.8 Å². The molecule has 0 aliphatic carbocycles. The summed E-state index contributed by atoms with van der Waals surface area (Å²) in [6.07, 6.45) is 2.93. The van der Waals surface area contributed by atoms with E-state index >= 15 is 0 Å². The van der Waals surface area contributed by atoms with Crippen molar-refractivity contribution in [3.05, 3.63) is 0 Å². The van der Waals surface area contributed by atoms with Gasteiger partial charge in [-0.3, -0.25) is 4.79 Å². The summed E-state index contributed by atoms with van der Waals surface area (Å²) in [5, 5.41) is 0. The van der Waals surface area contributed by atoms with Crippen molar-refractivity contribution < 1.29 is 14.3 Å². The number of carbonyl (C=O) groups excluding carboxylic acids is 1. The number of hydrogen-bond acceptors (Lipinski definition) is 3. The maximum Gasteiger partial charge on any atom is 0.224 e. The van der Waals surface area contributed by atoms with Gasteiger partial charge in [-0.2, -0.15) is 0 Å². The first-order chi connectivity index (χ1) is 6.70. The predicted molar refractivity (Wildman–Crippen MR) is 53.1 cm³/mol. The van der Waals surface area contributed by atoms with Gasteiger partial charge in [-0.15, -0.1) is 0 Å². The van der Waals surface area contributed by atoms with Gasteiger partial charge in [0.2, 0.25) is 5.91 Å². The molecule has 0 aromatic heterocycles. The zero-order chi connectivity index (χ0) is 10.4. The van der Waals surface area contributed by atoms with Crippen LogP contribution in [0.4, 0.5) is 0 Å². The molecule has 0 radical (unpaired) electrons. The molecule has 4 nitrogen and oxygen atoms in total. The molecule has 1 rings (SSSR count). The summed E-state index contributed by atoms with van der Waals surface area (Å²) in [6, 6.07) is 0. The Balaban J connectivity index is 1.96. The van der Waals surface area contributed by atoms with Crippen molar-refractivity contribution in [1.29, 1.82) is 0 Å². The van der Waals surface area contributed by atoms with Crippen LogP contribution in [0.2, 0.25) is 0 Å². The van der Waals surface area contributed by atoms with E-state index in [4.69, 9.17) is 9.47 Å². The highest BCUT2D eigenvalue weighted by Crippen LogP contribution is 2.11. The third-order valence-electron chi connectivity index (χ3n) is 2.29. The van der Waals surface area contributed by atoms with E-state index < -0.39 is 0 Å². The van der Waals surface area contributed by atoms with Crippen LogP contribution in [0.3, 0.4) is 0 Å². The van der Waals surface area contributed by atoms with Crippen LogP contribution in [0, 0.1) is 0 Å². The van der Waals surface area contributed by atoms with E-state index in [-0.39, 0.29) is 12.0 Å². The van der Waals surface area contributed by atoms with E-state index in [1.54, 1.807) is 19.0 Å². The summed E-state index contributed by atoms with van der Waals surface area (Å²) in [5.41, 5.74) is 0. The molecule has 82 valence electrons. The first kappa shape index (κ1) is 11.5. The highest BCUT2D eigenvalue weighted by molar-refractivity contribution is 5.75. The summed E-state index contributed by atoms with van der Waals surface area (Å²) in [6.45, 7) is 1.97. The van der Waals surface area contributed by atoms with Crippen molar-refractivity contribution in [2.45, 2.75) is 25.4 Å². The minimum absolute atomic E-state index is 0.109. The average Bonchev–Trinajstić information content (AvgIpc) is 2.64. The van der Waals surface area contributed by atoms with Crippen molar-refractivity contribution in [2.75, 3.05) is 33.9 Å². The molecule has 0 N–H and O–H groups in total. The van der Waals surface area contributed by atoms with Crippen LogP contribution in [0.15, 0.2) is 0 Å². The lowest BCUT2D eigenvalue weighted by molar-refractivity contribution is -0.130. The Hall–Kier alpha value is -0.610. The maximum absolute atomic E-state index is 11.2. The molecule has 0 aromatic rings. The van der Waals surface area contributed by atoms with E-state index in [1.165, 1.54) is 0 Å². The SMILES string of the molecule is CN(C)C(=O)CCOCC1CCCO1. The van der Waals surface area contributed by atoms with Crippen LogP contribution < -0.4 is 0 Å². The molecule has 14 heavy (non-hydrogen) atoms. The largest absolute Gasteiger partial charge is 0.378 e. The third kappa shape index (κ3) is 4.07. The fraction of sp³-hybridized carbons (Fsp3) is 0.900. The smallest absolute Gasteiger partial charge is 0.224 e. The fourth-order valence-electron chi connectivity index (χ4n) is 1.37. The number of ether oxygens (including phenoxy) is 2. The lowest BCUT2D eigenvalue weighted by atomic mass is 10.2. The van der Waals surface area contributed by atoms with E-state index in [0.29, 0.717) is 19.6 Å². The molecule has 1 saturated heterocycles. The van der Waals surface area contributed by atoms with Gasteiger partial charge in [-0.05, 0) is 12.8 Å². The number of hydrogen-bond donors (Lipinski definition) is 0. The zero-order valence-corrected chi connectivity index (χ0v) is 8.99. The number of nitrogens with zero attached hydrogens (tertiary/aromatic N) is 1. The molecule has 0 spiro atoms. The summed E-state index contributed by atoms with van der Waals surface area (Å²) >= 11 is 0. The second-order valence-electron chi connectivity index (χ2n) is 3.75. The summed E-state index contributed by atoms with van der Waals surface area (Å²) in [4.78, 5) is 12.7. The Morgan fingerprint density at radius 1 is 1.57 bits per heavy atom. The van der Waals surface area contributed by atoms with Gasteiger partial charge in [-0.1, -0.05) is 0 Å². The van der Waals surface area contributed by atoms with Crippen molar-refractivity contribution in [3.63, 3.8) is 0 Å². The van der Waals surface area contributed by atoms with Crippen LogP contribution in [0.1, 0.15) is 19.3 Å². The van der Waals surface area contributed by atoms with Gasteiger partial charge in [0, 0.05) is 20.7 Å². The third-order valence-corrected chi connectivity index (χ3v) is 2.29. The highest BCUT2D eigenvalue weighted by Gasteiger charge is 2.15. The lowest BCUT2D eigenvalue weighted by Gasteiger charge is -2.12. The molecule has 0 bridgehead atoms. The van der Waals surface area contributed by atoms with Gasteiger partial charge < -0.3 is 14.4 Å². The van der Waals surface area contributed by atoms with Gasteiger partial charge >= 0.3 is 0 Å². The normalized spacial score (nSPS) is 21.1. The second-order valence-corrected chi connectivity index (χ2v) is 3.75. The van der Waals surface area contributed by atoms with Crippen LogP contribution >= 0.6 is 0 Å². The monoisotopic (exact) mass is 201 g/mol. The molecule has 0 aromatic carbocycles. The molecule has 1 aliphatic heterocycles. The molecule has 1 unspecified atom stereocenters. The topological polar surface area (TPSA) is 38.8 Å². The van der Waals surface area contributed by atoms with E-state index in [1.807, 2.05) is 0 Å². The maximum atomic E-state index is 11.2. The molecule has 1 aliphatic rings. The first-order valence-corrected chi connectivity index (χ1v) is 5.09. The Bertz CT molecular complexity index is 176. The Morgan fingerprint density at radius 2 is 2.36 bits per heavy atom. The molecule has 4 heteroatoms. The van der Waals surface area contributed by atoms with E-state index in [9.17, 15) is 4.79 Å². The van der Waals surface area contributed by atoms with Gasteiger partial charge in [0.15, 0.2) is 0 Å². The quantitative estimate of drug-likeness (QED) is 0.613. The fourth-order valence-corrected chi connectivity index (χ4v) is 1.37. The van der Waals surface area contributed by atoms with E-state index in [0.717, 1.165) is 19.4 Å². The average molecular weight is 201 g/mol. The summed E-state index contributed by atoms with van der Waals surface area (Å²) < 4.78 is 10.8. The van der Waals surface area contributed by atoms with Gasteiger partial charge in [0.1, 0.15) is 0 Å². The van der Waals surface area contributed by atoms with Crippen LogP contribution in [-0.2, 0) is 14.3 Å². The van der Waals surface area contributed by atoms with Gasteiger partial charge in [0.05, 0.1) is 25.7 Å². The second kappa shape index (κ2) is 5.98. The Kier molecular flexibility index (Phi) is 4.90. The first-order valence-electron chi connectivity index (χ1n) is 5.09. The molecular weight excluding hydrogens is 182 g/mol. The van der Waals surface area contributed by atoms with Crippen molar-refractivity contribution in [3.8, 4) is 0 Å². The van der Waals surface area contributed by atoms with Crippen molar-refractivity contribution >= 4 is 5.91 Å². The van der Waals surface area contributed by atoms with Crippen molar-refractivity contribution in [1.82, 2.24) is 4.90 Å². The minimum Gasteiger partial charge on any atom is -0.378 e. The number of carbonyl (C=O) groups is 1. The van der Waals surface area contributed by atoms with E-state index in [2.05, 4.69) is 0 Å². The standard InChI is InChI=1S/C10H19NO3/c1-11(2)10(12)5-7-13-8-9-4-3-6-14-9/h9H,3-8H2,1-2H3. The molecular formula is C10H19NO3. The van der Waals surface area contributed by atoms with Gasteiger partial charge in [-0.25, -0.2) is 0 Å². The molecule has 0 saturated carbocycles. The lowest BCUT2D eigenvalue weighted by Crippen LogP contribution is -2.23. The highest BCUT2D eigenvalue weighted by atomic mass is 16.5. The Labute approximate surface area is 85.2 Å². The minimum atomic E-state index is 0.109. The molecule has 1 fully saturated rings. The predicted octanol–water partition coefficient (Wildman–Crippen LogP) is 0.660. The van der Waals surface area contributed by atoms with Crippen LogP contribution in [0.25, 0.3) is 0 Å². The zero-order valence-electron chi connectivity index (χ0n) is 8.99. The summed E-state index contributed by atoms with van der Waals surface area (Å²) in [5.74, 6) is 0.109. The van der Waals surface area contributed by atoms with Crippen LogP contribution in [0.5, 0.6) is 0 Å². The van der Waals surface area contributed by atoms with Gasteiger partial charge in [0.25, 0.3) is 0 Å². The number of amides is 1. The molecule has 1 heterocycles. The Morgan fingerprint density at radius 3 is 2.93 bits per heavy atom.